The van der Waals surface area contributed by atoms with E-state index in [0.717, 1.165) is 18.3 Å². The van der Waals surface area contributed by atoms with Gasteiger partial charge in [0.05, 0.1) is 18.4 Å². The Balaban J connectivity index is 2.04. The quantitative estimate of drug-likeness (QED) is 0.633. The Kier molecular flexibility index (Phi) is 5.35. The van der Waals surface area contributed by atoms with E-state index >= 15 is 0 Å². The number of rotatable bonds is 5. The zero-order valence-electron chi connectivity index (χ0n) is 14.6. The first kappa shape index (κ1) is 19.8. The van der Waals surface area contributed by atoms with Crippen LogP contribution in [0.1, 0.15) is 30.2 Å². The topological polar surface area (TPSA) is 42.4 Å². The van der Waals surface area contributed by atoms with Crippen LogP contribution in [0.4, 0.5) is 26.7 Å². The van der Waals surface area contributed by atoms with Gasteiger partial charge in [0.1, 0.15) is 11.5 Å². The predicted octanol–water partition coefficient (Wildman–Crippen LogP) is 5.40. The van der Waals surface area contributed by atoms with E-state index in [2.05, 4.69) is 4.98 Å². The van der Waals surface area contributed by atoms with Gasteiger partial charge < -0.3 is 4.74 Å². The molecule has 0 saturated heterocycles. The third-order valence-electron chi connectivity index (χ3n) is 4.16. The van der Waals surface area contributed by atoms with Crippen LogP contribution in [-0.4, -0.2) is 22.5 Å². The highest BCUT2D eigenvalue weighted by Crippen LogP contribution is 2.33. The minimum atomic E-state index is -3.29. The second-order valence-corrected chi connectivity index (χ2v) is 6.29. The van der Waals surface area contributed by atoms with Gasteiger partial charge in [-0.05, 0) is 35.4 Å². The summed E-state index contributed by atoms with van der Waals surface area (Å²) in [5, 5.41) is 0. The number of ether oxygens (including phenoxy) is 1. The smallest absolute Gasteiger partial charge is 0.415 e. The summed E-state index contributed by atoms with van der Waals surface area (Å²) < 4.78 is 72.1. The summed E-state index contributed by atoms with van der Waals surface area (Å²) in [6.07, 6.45) is 0.110. The Morgan fingerprint density at radius 2 is 2.00 bits per heavy atom. The van der Waals surface area contributed by atoms with Crippen LogP contribution in [0.25, 0.3) is 11.1 Å². The number of nitrogens with zero attached hydrogens (tertiary/aromatic N) is 2. The number of pyridine rings is 1. The molecule has 1 aliphatic heterocycles. The molecule has 0 radical (unpaired) electrons. The van der Waals surface area contributed by atoms with E-state index < -0.39 is 35.5 Å². The summed E-state index contributed by atoms with van der Waals surface area (Å²) in [7, 11) is 0. The molecular weight excluding hydrogens is 383 g/mol. The fourth-order valence-corrected chi connectivity index (χ4v) is 2.83. The van der Waals surface area contributed by atoms with Crippen LogP contribution in [0.5, 0.6) is 0 Å². The number of aromatic nitrogens is 1. The summed E-state index contributed by atoms with van der Waals surface area (Å²) >= 11 is 0. The summed E-state index contributed by atoms with van der Waals surface area (Å²) in [5.41, 5.74) is -0.882. The molecule has 1 aromatic carbocycles. The Morgan fingerprint density at radius 1 is 1.25 bits per heavy atom. The molecule has 0 bridgehead atoms. The van der Waals surface area contributed by atoms with Crippen LogP contribution in [0.3, 0.4) is 0 Å². The lowest BCUT2D eigenvalue weighted by atomic mass is 10.00. The molecule has 4 nitrogen and oxygen atoms in total. The Bertz CT molecular complexity index is 925. The third-order valence-corrected chi connectivity index (χ3v) is 4.16. The van der Waals surface area contributed by atoms with Crippen molar-refractivity contribution < 1.29 is 31.5 Å². The molecule has 1 amide bonds. The monoisotopic (exact) mass is 398 g/mol. The Labute approximate surface area is 157 Å². The molecule has 1 aliphatic rings. The average Bonchev–Trinajstić information content (AvgIpc) is 2.63. The highest BCUT2D eigenvalue weighted by Gasteiger charge is 2.31. The van der Waals surface area contributed by atoms with E-state index in [0.29, 0.717) is 6.92 Å². The van der Waals surface area contributed by atoms with Crippen LogP contribution in [0, 0.1) is 5.82 Å². The van der Waals surface area contributed by atoms with Gasteiger partial charge in [-0.2, -0.15) is 8.78 Å². The van der Waals surface area contributed by atoms with Crippen molar-refractivity contribution in [1.82, 2.24) is 9.88 Å². The van der Waals surface area contributed by atoms with Crippen molar-refractivity contribution >= 4 is 6.09 Å². The number of alkyl halides is 4. The largest absolute Gasteiger partial charge is 0.418 e. The molecule has 28 heavy (non-hydrogen) atoms. The van der Waals surface area contributed by atoms with Crippen molar-refractivity contribution in [2.24, 2.45) is 0 Å². The van der Waals surface area contributed by atoms with Crippen molar-refractivity contribution in [2.75, 3.05) is 6.54 Å². The van der Waals surface area contributed by atoms with E-state index in [1.165, 1.54) is 29.4 Å². The van der Waals surface area contributed by atoms with Gasteiger partial charge in [-0.1, -0.05) is 6.07 Å². The second-order valence-electron chi connectivity index (χ2n) is 6.29. The number of amides is 1. The van der Waals surface area contributed by atoms with Gasteiger partial charge in [0.2, 0.25) is 0 Å². The first-order valence-electron chi connectivity index (χ1n) is 8.22. The molecule has 0 unspecified atom stereocenters. The molecule has 2 aromatic rings. The number of carbonyl (C=O) groups excluding carboxylic acids is 1. The molecule has 1 aromatic heterocycles. The normalized spacial score (nSPS) is 14.5. The number of hydrogen-bond acceptors (Lipinski definition) is 3. The minimum Gasteiger partial charge on any atom is -0.418 e. The van der Waals surface area contributed by atoms with E-state index in [-0.39, 0.29) is 29.8 Å². The zero-order chi connectivity index (χ0) is 20.5. The average molecular weight is 398 g/mol. The van der Waals surface area contributed by atoms with Crippen LogP contribution >= 0.6 is 0 Å². The van der Waals surface area contributed by atoms with Gasteiger partial charge in [-0.3, -0.25) is 9.88 Å². The lowest BCUT2D eigenvalue weighted by Crippen LogP contribution is -2.33. The highest BCUT2D eigenvalue weighted by atomic mass is 19.3. The first-order chi connectivity index (χ1) is 13.2. The molecule has 0 atom stereocenters. The maximum atomic E-state index is 14.0. The fourth-order valence-electron chi connectivity index (χ4n) is 2.83. The molecule has 3 rings (SSSR count). The molecule has 2 heterocycles. The van der Waals surface area contributed by atoms with Crippen LogP contribution in [0.2, 0.25) is 0 Å². The van der Waals surface area contributed by atoms with E-state index in [4.69, 9.17) is 4.74 Å². The molecule has 0 aliphatic carbocycles. The number of hydrogen-bond donors (Lipinski definition) is 0. The number of carbonyl (C=O) groups is 1. The van der Waals surface area contributed by atoms with Crippen molar-refractivity contribution in [2.45, 2.75) is 25.8 Å². The van der Waals surface area contributed by atoms with E-state index in [9.17, 15) is 26.7 Å². The lowest BCUT2D eigenvalue weighted by Gasteiger charge is -2.25. The summed E-state index contributed by atoms with van der Waals surface area (Å²) in [4.78, 5) is 16.8. The minimum absolute atomic E-state index is 0.0279. The molecule has 0 fully saturated rings. The number of halogens is 5. The van der Waals surface area contributed by atoms with Gasteiger partial charge in [0, 0.05) is 25.2 Å². The first-order valence-corrected chi connectivity index (χ1v) is 8.22. The predicted molar refractivity (Wildman–Crippen MR) is 90.2 cm³/mol. The lowest BCUT2D eigenvalue weighted by molar-refractivity contribution is 0.0110. The summed E-state index contributed by atoms with van der Waals surface area (Å²) in [5.74, 6) is -4.35. The standard InChI is InChI=1S/C19H15F5N2O2/c1-19(23,24)16-13(10-26-5-2-6-28-18(26)27)7-12(9-25-16)11-3-4-15(20)14(8-11)17(21)22/h2-4,6-9,17H,5,10H2,1H3. The van der Waals surface area contributed by atoms with Gasteiger partial charge in [-0.25, -0.2) is 18.0 Å². The van der Waals surface area contributed by atoms with Gasteiger partial charge >= 0.3 is 6.09 Å². The summed E-state index contributed by atoms with van der Waals surface area (Å²) in [6.45, 7) is 0.606. The van der Waals surface area contributed by atoms with Crippen LogP contribution in [0.15, 0.2) is 42.8 Å². The van der Waals surface area contributed by atoms with Gasteiger partial charge in [-0.15, -0.1) is 0 Å². The zero-order valence-corrected chi connectivity index (χ0v) is 14.6. The van der Waals surface area contributed by atoms with E-state index in [1.807, 2.05) is 0 Å². The Morgan fingerprint density at radius 3 is 2.64 bits per heavy atom. The molecular formula is C19H15F5N2O2. The van der Waals surface area contributed by atoms with E-state index in [1.54, 1.807) is 0 Å². The molecule has 9 heteroatoms. The SMILES string of the molecule is CC(F)(F)c1ncc(-c2ccc(F)c(C(F)F)c2)cc1CN1CC=COC1=O. The number of benzene rings is 1. The van der Waals surface area contributed by atoms with Gasteiger partial charge in [0.25, 0.3) is 12.3 Å². The van der Waals surface area contributed by atoms with Crippen molar-refractivity contribution in [1.29, 1.82) is 0 Å². The molecule has 0 saturated carbocycles. The summed E-state index contributed by atoms with van der Waals surface area (Å²) in [6, 6.07) is 4.41. The molecule has 0 N–H and O–H groups in total. The van der Waals surface area contributed by atoms with Crippen molar-refractivity contribution in [3.8, 4) is 11.1 Å². The maximum absolute atomic E-state index is 14.0. The van der Waals surface area contributed by atoms with Crippen LogP contribution in [-0.2, 0) is 17.2 Å². The van der Waals surface area contributed by atoms with Crippen molar-refractivity contribution in [3.63, 3.8) is 0 Å². The maximum Gasteiger partial charge on any atom is 0.415 e. The van der Waals surface area contributed by atoms with Crippen LogP contribution < -0.4 is 0 Å². The van der Waals surface area contributed by atoms with Gasteiger partial charge in [0.15, 0.2) is 0 Å². The van der Waals surface area contributed by atoms with Crippen molar-refractivity contribution in [3.05, 3.63) is 65.4 Å². The number of cyclic esters (lactones) is 1. The molecule has 148 valence electrons. The molecule has 0 spiro atoms. The fraction of sp³-hybridized carbons (Fsp3) is 0.263. The Hall–Kier alpha value is -2.97. The second kappa shape index (κ2) is 7.57. The third kappa shape index (κ3) is 4.13. The highest BCUT2D eigenvalue weighted by molar-refractivity contribution is 5.70.